The highest BCUT2D eigenvalue weighted by molar-refractivity contribution is 5.78. The van der Waals surface area contributed by atoms with E-state index in [4.69, 9.17) is 5.11 Å². The summed E-state index contributed by atoms with van der Waals surface area (Å²) in [6, 6.07) is 0.448. The van der Waals surface area contributed by atoms with Gasteiger partial charge in [0.05, 0.1) is 6.54 Å². The fourth-order valence-electron chi connectivity index (χ4n) is 3.06. The number of likely N-dealkylation sites (tertiary alicyclic amines) is 1. The van der Waals surface area contributed by atoms with Gasteiger partial charge in [-0.3, -0.25) is 9.69 Å². The zero-order chi connectivity index (χ0) is 13.1. The number of rotatable bonds is 4. The Morgan fingerprint density at radius 2 is 1.89 bits per heavy atom. The van der Waals surface area contributed by atoms with Crippen LogP contribution < -0.4 is 0 Å². The second-order valence-electron chi connectivity index (χ2n) is 6.16. The summed E-state index contributed by atoms with van der Waals surface area (Å²) in [4.78, 5) is 16.2. The highest BCUT2D eigenvalue weighted by Gasteiger charge is 2.30. The predicted octanol–water partition coefficient (Wildman–Crippen LogP) is 0.948. The molecule has 0 unspecified atom stereocenters. The van der Waals surface area contributed by atoms with Crippen molar-refractivity contribution in [3.05, 3.63) is 0 Å². The summed E-state index contributed by atoms with van der Waals surface area (Å²) in [5.41, 5.74) is 0. The molecule has 18 heavy (non-hydrogen) atoms. The van der Waals surface area contributed by atoms with Gasteiger partial charge in [0.1, 0.15) is 0 Å². The molecule has 0 spiro atoms. The Kier molecular flexibility index (Phi) is 4.62. The van der Waals surface area contributed by atoms with Crippen LogP contribution in [-0.2, 0) is 4.79 Å². The second kappa shape index (κ2) is 6.02. The van der Waals surface area contributed by atoms with Crippen LogP contribution in [0.4, 0.5) is 0 Å². The van der Waals surface area contributed by atoms with Crippen molar-refractivity contribution in [2.24, 2.45) is 11.8 Å². The van der Waals surface area contributed by atoms with Crippen LogP contribution in [0.5, 0.6) is 0 Å². The van der Waals surface area contributed by atoms with E-state index in [0.29, 0.717) is 18.5 Å². The van der Waals surface area contributed by atoms with E-state index in [1.54, 1.807) is 0 Å². The number of nitrogens with zero attached hydrogens (tertiary/aromatic N) is 2. The van der Waals surface area contributed by atoms with Crippen molar-refractivity contribution >= 4 is 5.91 Å². The molecule has 0 radical (unpaired) electrons. The van der Waals surface area contributed by atoms with E-state index in [-0.39, 0.29) is 12.5 Å². The molecule has 4 heteroatoms. The minimum Gasteiger partial charge on any atom is -0.396 e. The van der Waals surface area contributed by atoms with Gasteiger partial charge in [0, 0.05) is 38.7 Å². The monoisotopic (exact) mass is 254 g/mol. The molecule has 0 atom stereocenters. The standard InChI is InChI=1S/C14H26N2O2/c1-11-3-5-13(6-4-11)15(2)14(18)9-16-7-12(8-16)10-17/h11-13,17H,3-10H2,1-2H3. The number of aliphatic hydroxyl groups is 1. The van der Waals surface area contributed by atoms with E-state index in [1.807, 2.05) is 11.9 Å². The quantitative estimate of drug-likeness (QED) is 0.812. The Labute approximate surface area is 110 Å². The molecule has 1 aliphatic carbocycles. The Hall–Kier alpha value is -0.610. The van der Waals surface area contributed by atoms with Gasteiger partial charge in [0.2, 0.25) is 5.91 Å². The minimum absolute atomic E-state index is 0.242. The highest BCUT2D eigenvalue weighted by atomic mass is 16.3. The normalized spacial score (nSPS) is 29.9. The topological polar surface area (TPSA) is 43.8 Å². The van der Waals surface area contributed by atoms with E-state index in [2.05, 4.69) is 11.8 Å². The summed E-state index contributed by atoms with van der Waals surface area (Å²) in [7, 11) is 1.95. The van der Waals surface area contributed by atoms with Crippen LogP contribution in [0.15, 0.2) is 0 Å². The molecule has 1 N–H and O–H groups in total. The molecule has 0 bridgehead atoms. The summed E-state index contributed by atoms with van der Waals surface area (Å²) >= 11 is 0. The van der Waals surface area contributed by atoms with Crippen molar-refractivity contribution in [3.8, 4) is 0 Å². The zero-order valence-electron chi connectivity index (χ0n) is 11.6. The van der Waals surface area contributed by atoms with Gasteiger partial charge in [-0.1, -0.05) is 6.92 Å². The molecule has 2 aliphatic rings. The molecule has 1 aliphatic heterocycles. The molecule has 1 saturated carbocycles. The molecule has 1 saturated heterocycles. The molecule has 0 aromatic rings. The molecule has 104 valence electrons. The van der Waals surface area contributed by atoms with E-state index in [0.717, 1.165) is 31.8 Å². The first-order valence-electron chi connectivity index (χ1n) is 7.19. The van der Waals surface area contributed by atoms with Gasteiger partial charge < -0.3 is 10.0 Å². The molecule has 2 rings (SSSR count). The van der Waals surface area contributed by atoms with Crippen molar-refractivity contribution in [1.82, 2.24) is 9.80 Å². The average Bonchev–Trinajstić information content (AvgIpc) is 2.33. The van der Waals surface area contributed by atoms with Crippen molar-refractivity contribution < 1.29 is 9.90 Å². The molecule has 4 nitrogen and oxygen atoms in total. The average molecular weight is 254 g/mol. The van der Waals surface area contributed by atoms with Crippen LogP contribution in [0.3, 0.4) is 0 Å². The fraction of sp³-hybridized carbons (Fsp3) is 0.929. The van der Waals surface area contributed by atoms with E-state index >= 15 is 0 Å². The Morgan fingerprint density at radius 1 is 1.28 bits per heavy atom. The summed E-state index contributed by atoms with van der Waals surface area (Å²) in [6.07, 6.45) is 4.81. The van der Waals surface area contributed by atoms with Gasteiger partial charge in [-0.25, -0.2) is 0 Å². The number of carbonyl (C=O) groups is 1. The van der Waals surface area contributed by atoms with Crippen LogP contribution in [0.25, 0.3) is 0 Å². The molecular formula is C14H26N2O2. The van der Waals surface area contributed by atoms with Gasteiger partial charge >= 0.3 is 0 Å². The fourth-order valence-corrected chi connectivity index (χ4v) is 3.06. The van der Waals surface area contributed by atoms with Crippen LogP contribution in [0.1, 0.15) is 32.6 Å². The number of hydrogen-bond donors (Lipinski definition) is 1. The van der Waals surface area contributed by atoms with Crippen LogP contribution >= 0.6 is 0 Å². The van der Waals surface area contributed by atoms with Crippen LogP contribution in [0.2, 0.25) is 0 Å². The van der Waals surface area contributed by atoms with E-state index in [9.17, 15) is 4.79 Å². The van der Waals surface area contributed by atoms with Gasteiger partial charge in [-0.2, -0.15) is 0 Å². The maximum Gasteiger partial charge on any atom is 0.236 e. The number of hydrogen-bond acceptors (Lipinski definition) is 3. The third-order valence-electron chi connectivity index (χ3n) is 4.58. The number of amides is 1. The molecule has 0 aromatic carbocycles. The summed E-state index contributed by atoms with van der Waals surface area (Å²) in [5.74, 6) is 1.45. The maximum absolute atomic E-state index is 12.1. The van der Waals surface area contributed by atoms with Crippen molar-refractivity contribution in [2.75, 3.05) is 33.3 Å². The van der Waals surface area contributed by atoms with Gasteiger partial charge in [0.15, 0.2) is 0 Å². The summed E-state index contributed by atoms with van der Waals surface area (Å²) < 4.78 is 0. The van der Waals surface area contributed by atoms with Crippen molar-refractivity contribution in [1.29, 1.82) is 0 Å². The third-order valence-corrected chi connectivity index (χ3v) is 4.58. The highest BCUT2D eigenvalue weighted by Crippen LogP contribution is 2.26. The van der Waals surface area contributed by atoms with Crippen molar-refractivity contribution in [2.45, 2.75) is 38.6 Å². The molecule has 1 heterocycles. The number of carbonyl (C=O) groups excluding carboxylic acids is 1. The third kappa shape index (κ3) is 3.23. The lowest BCUT2D eigenvalue weighted by molar-refractivity contribution is -0.135. The molecular weight excluding hydrogens is 228 g/mol. The Balaban J connectivity index is 1.72. The minimum atomic E-state index is 0.242. The second-order valence-corrected chi connectivity index (χ2v) is 6.16. The smallest absolute Gasteiger partial charge is 0.236 e. The zero-order valence-corrected chi connectivity index (χ0v) is 11.6. The Morgan fingerprint density at radius 3 is 2.44 bits per heavy atom. The van der Waals surface area contributed by atoms with E-state index < -0.39 is 0 Å². The number of likely N-dealkylation sites (N-methyl/N-ethyl adjacent to an activating group) is 1. The van der Waals surface area contributed by atoms with Crippen LogP contribution in [-0.4, -0.2) is 60.1 Å². The van der Waals surface area contributed by atoms with Gasteiger partial charge in [-0.05, 0) is 31.6 Å². The first-order valence-corrected chi connectivity index (χ1v) is 7.19. The van der Waals surface area contributed by atoms with Gasteiger partial charge in [0.25, 0.3) is 0 Å². The lowest BCUT2D eigenvalue weighted by atomic mass is 9.86. The largest absolute Gasteiger partial charge is 0.396 e. The molecule has 0 aromatic heterocycles. The molecule has 1 amide bonds. The maximum atomic E-state index is 12.1. The summed E-state index contributed by atoms with van der Waals surface area (Å²) in [6.45, 7) is 4.82. The molecule has 2 fully saturated rings. The van der Waals surface area contributed by atoms with E-state index in [1.165, 1.54) is 12.8 Å². The number of aliphatic hydroxyl groups excluding tert-OH is 1. The van der Waals surface area contributed by atoms with Gasteiger partial charge in [-0.15, -0.1) is 0 Å². The van der Waals surface area contributed by atoms with Crippen LogP contribution in [0, 0.1) is 11.8 Å². The Bertz CT molecular complexity index is 282. The van der Waals surface area contributed by atoms with Crippen molar-refractivity contribution in [3.63, 3.8) is 0 Å². The predicted molar refractivity (Wildman–Crippen MR) is 71.2 cm³/mol. The lowest BCUT2D eigenvalue weighted by Crippen LogP contribution is -2.53. The SMILES string of the molecule is CC1CCC(N(C)C(=O)CN2CC(CO)C2)CC1. The first-order chi connectivity index (χ1) is 8.60. The summed E-state index contributed by atoms with van der Waals surface area (Å²) in [5, 5.41) is 8.95. The lowest BCUT2D eigenvalue weighted by Gasteiger charge is -2.40. The first kappa shape index (κ1) is 13.8.